The number of imidazole rings is 1. The smallest absolute Gasteiger partial charge is 0.287 e. The van der Waals surface area contributed by atoms with Crippen molar-refractivity contribution in [1.29, 1.82) is 0 Å². The summed E-state index contributed by atoms with van der Waals surface area (Å²) in [5.41, 5.74) is 1.36. The van der Waals surface area contributed by atoms with Crippen molar-refractivity contribution >= 4 is 16.9 Å². The van der Waals surface area contributed by atoms with Crippen molar-refractivity contribution in [1.82, 2.24) is 19.9 Å². The molecule has 136 valence electrons. The van der Waals surface area contributed by atoms with E-state index in [1.54, 1.807) is 31.6 Å². The van der Waals surface area contributed by atoms with E-state index in [1.165, 1.54) is 0 Å². The number of carbonyl (C=O) groups excluding carboxylic acids is 1. The molecule has 0 atom stereocenters. The zero-order chi connectivity index (χ0) is 18.6. The number of hydrogen-bond acceptors (Lipinski definition) is 5. The number of pyridine rings is 1. The third-order valence-corrected chi connectivity index (χ3v) is 4.20. The molecule has 0 aliphatic carbocycles. The molecule has 3 heterocycles. The van der Waals surface area contributed by atoms with Crippen molar-refractivity contribution in [3.05, 3.63) is 66.8 Å². The Morgan fingerprint density at radius 1 is 1.19 bits per heavy atom. The lowest BCUT2D eigenvalue weighted by Crippen LogP contribution is -2.26. The highest BCUT2D eigenvalue weighted by molar-refractivity contribution is 5.97. The number of nitrogens with zero attached hydrogens (tertiary/aromatic N) is 3. The van der Waals surface area contributed by atoms with Crippen LogP contribution in [0.3, 0.4) is 0 Å². The Balaban J connectivity index is 1.43. The number of para-hydroxylation sites is 1. The number of fused-ring (bicyclic) bond motifs is 1. The standard InChI is InChI=1S/C20H18N4O3/c1-26-16-7-4-5-14-13-17(27-18(14)16)20(25)23-10-12-24-11-9-22-19(24)15-6-2-3-8-21-15/h2-9,11,13H,10,12H2,1H3,(H,23,25). The first-order chi connectivity index (χ1) is 13.3. The summed E-state index contributed by atoms with van der Waals surface area (Å²) in [5, 5.41) is 3.70. The van der Waals surface area contributed by atoms with Crippen LogP contribution in [0.15, 0.2) is 65.5 Å². The van der Waals surface area contributed by atoms with Crippen molar-refractivity contribution in [3.63, 3.8) is 0 Å². The van der Waals surface area contributed by atoms with Gasteiger partial charge >= 0.3 is 0 Å². The zero-order valence-corrected chi connectivity index (χ0v) is 14.8. The number of ether oxygens (including phenoxy) is 1. The van der Waals surface area contributed by atoms with E-state index >= 15 is 0 Å². The fraction of sp³-hybridized carbons (Fsp3) is 0.150. The molecule has 7 nitrogen and oxygen atoms in total. The van der Waals surface area contributed by atoms with Gasteiger partial charge in [-0.25, -0.2) is 4.98 Å². The molecule has 0 fully saturated rings. The molecule has 0 radical (unpaired) electrons. The number of benzene rings is 1. The van der Waals surface area contributed by atoms with Gasteiger partial charge in [0.15, 0.2) is 22.9 Å². The molecule has 0 aliphatic heterocycles. The van der Waals surface area contributed by atoms with Crippen LogP contribution >= 0.6 is 0 Å². The Morgan fingerprint density at radius 3 is 2.93 bits per heavy atom. The molecule has 0 spiro atoms. The van der Waals surface area contributed by atoms with Crippen molar-refractivity contribution < 1.29 is 13.9 Å². The first-order valence-corrected chi connectivity index (χ1v) is 8.53. The largest absolute Gasteiger partial charge is 0.493 e. The fourth-order valence-corrected chi connectivity index (χ4v) is 2.90. The van der Waals surface area contributed by atoms with Gasteiger partial charge < -0.3 is 19.0 Å². The number of carbonyl (C=O) groups is 1. The van der Waals surface area contributed by atoms with Crippen molar-refractivity contribution in [3.8, 4) is 17.3 Å². The number of methoxy groups -OCH3 is 1. The summed E-state index contributed by atoms with van der Waals surface area (Å²) in [4.78, 5) is 21.1. The van der Waals surface area contributed by atoms with Gasteiger partial charge in [-0.3, -0.25) is 9.78 Å². The van der Waals surface area contributed by atoms with Crippen LogP contribution < -0.4 is 10.1 Å². The molecular formula is C20H18N4O3. The molecule has 1 N–H and O–H groups in total. The maximum Gasteiger partial charge on any atom is 0.287 e. The van der Waals surface area contributed by atoms with E-state index in [4.69, 9.17) is 9.15 Å². The Morgan fingerprint density at radius 2 is 2.11 bits per heavy atom. The second-order valence-electron chi connectivity index (χ2n) is 5.90. The van der Waals surface area contributed by atoms with Gasteiger partial charge in [-0.15, -0.1) is 0 Å². The lowest BCUT2D eigenvalue weighted by atomic mass is 10.2. The Bertz CT molecular complexity index is 1070. The fourth-order valence-electron chi connectivity index (χ4n) is 2.90. The average molecular weight is 362 g/mol. The first kappa shape index (κ1) is 16.8. The Labute approximate surface area is 155 Å². The summed E-state index contributed by atoms with van der Waals surface area (Å²) >= 11 is 0. The molecule has 1 amide bonds. The van der Waals surface area contributed by atoms with Crippen LogP contribution in [0.4, 0.5) is 0 Å². The lowest BCUT2D eigenvalue weighted by molar-refractivity contribution is 0.0926. The number of aromatic nitrogens is 3. The van der Waals surface area contributed by atoms with Gasteiger partial charge in [-0.2, -0.15) is 0 Å². The number of hydrogen-bond donors (Lipinski definition) is 1. The molecule has 0 saturated carbocycles. The number of nitrogens with one attached hydrogen (secondary N) is 1. The lowest BCUT2D eigenvalue weighted by Gasteiger charge is -2.08. The molecular weight excluding hydrogens is 344 g/mol. The van der Waals surface area contributed by atoms with Crippen LogP contribution in [-0.2, 0) is 6.54 Å². The summed E-state index contributed by atoms with van der Waals surface area (Å²) in [6, 6.07) is 12.9. The quantitative estimate of drug-likeness (QED) is 0.570. The van der Waals surface area contributed by atoms with Gasteiger partial charge in [0.2, 0.25) is 0 Å². The monoisotopic (exact) mass is 362 g/mol. The predicted octanol–water partition coefficient (Wildman–Crippen LogP) is 3.13. The van der Waals surface area contributed by atoms with E-state index in [1.807, 2.05) is 41.1 Å². The van der Waals surface area contributed by atoms with Crippen LogP contribution in [0.25, 0.3) is 22.5 Å². The third kappa shape index (κ3) is 3.39. The second-order valence-corrected chi connectivity index (χ2v) is 5.90. The van der Waals surface area contributed by atoms with Crippen LogP contribution in [0.5, 0.6) is 5.75 Å². The van der Waals surface area contributed by atoms with Crippen molar-refractivity contribution in [2.75, 3.05) is 13.7 Å². The van der Waals surface area contributed by atoms with Crippen molar-refractivity contribution in [2.24, 2.45) is 0 Å². The van der Waals surface area contributed by atoms with Crippen LogP contribution in [0.2, 0.25) is 0 Å². The highest BCUT2D eigenvalue weighted by Crippen LogP contribution is 2.28. The molecule has 0 saturated heterocycles. The van der Waals surface area contributed by atoms with Gasteiger partial charge in [0, 0.05) is 37.1 Å². The molecule has 1 aromatic carbocycles. The third-order valence-electron chi connectivity index (χ3n) is 4.20. The molecule has 4 aromatic rings. The van der Waals surface area contributed by atoms with E-state index in [0.717, 1.165) is 16.9 Å². The van der Waals surface area contributed by atoms with Crippen LogP contribution in [0, 0.1) is 0 Å². The number of amides is 1. The molecule has 0 unspecified atom stereocenters. The topological polar surface area (TPSA) is 82.2 Å². The maximum absolute atomic E-state index is 12.4. The normalized spacial score (nSPS) is 10.9. The summed E-state index contributed by atoms with van der Waals surface area (Å²) in [7, 11) is 1.57. The number of furan rings is 1. The number of rotatable bonds is 6. The highest BCUT2D eigenvalue weighted by Gasteiger charge is 2.14. The molecule has 4 rings (SSSR count). The minimum Gasteiger partial charge on any atom is -0.493 e. The Hall–Kier alpha value is -3.61. The predicted molar refractivity (Wildman–Crippen MR) is 101 cm³/mol. The van der Waals surface area contributed by atoms with Gasteiger partial charge in [0.25, 0.3) is 5.91 Å². The average Bonchev–Trinajstić information content (AvgIpc) is 3.35. The Kier molecular flexibility index (Phi) is 4.57. The van der Waals surface area contributed by atoms with E-state index in [0.29, 0.717) is 24.4 Å². The van der Waals surface area contributed by atoms with E-state index in [9.17, 15) is 4.79 Å². The van der Waals surface area contributed by atoms with Crippen LogP contribution in [0.1, 0.15) is 10.6 Å². The molecule has 27 heavy (non-hydrogen) atoms. The first-order valence-electron chi connectivity index (χ1n) is 8.53. The molecule has 7 heteroatoms. The van der Waals surface area contributed by atoms with Gasteiger partial charge in [-0.1, -0.05) is 18.2 Å². The summed E-state index contributed by atoms with van der Waals surface area (Å²) in [5.74, 6) is 1.35. The van der Waals surface area contributed by atoms with Crippen LogP contribution in [-0.4, -0.2) is 34.1 Å². The van der Waals surface area contributed by atoms with E-state index in [2.05, 4.69) is 15.3 Å². The van der Waals surface area contributed by atoms with Gasteiger partial charge in [0.05, 0.1) is 7.11 Å². The van der Waals surface area contributed by atoms with Gasteiger partial charge in [-0.05, 0) is 24.3 Å². The maximum atomic E-state index is 12.4. The summed E-state index contributed by atoms with van der Waals surface area (Å²) in [6.45, 7) is 1.00. The molecule has 0 aliphatic rings. The minimum atomic E-state index is -0.271. The second kappa shape index (κ2) is 7.33. The molecule has 0 bridgehead atoms. The highest BCUT2D eigenvalue weighted by atomic mass is 16.5. The minimum absolute atomic E-state index is 0.255. The molecule has 3 aromatic heterocycles. The zero-order valence-electron chi connectivity index (χ0n) is 14.8. The van der Waals surface area contributed by atoms with Gasteiger partial charge in [0.1, 0.15) is 5.69 Å². The van der Waals surface area contributed by atoms with E-state index in [-0.39, 0.29) is 11.7 Å². The van der Waals surface area contributed by atoms with E-state index < -0.39 is 0 Å². The SMILES string of the molecule is COc1cccc2cc(C(=O)NCCn3ccnc3-c3ccccn3)oc12. The summed E-state index contributed by atoms with van der Waals surface area (Å²) < 4.78 is 12.9. The van der Waals surface area contributed by atoms with Crippen molar-refractivity contribution in [2.45, 2.75) is 6.54 Å². The summed E-state index contributed by atoms with van der Waals surface area (Å²) in [6.07, 6.45) is 5.31.